The van der Waals surface area contributed by atoms with Crippen molar-refractivity contribution in [3.8, 4) is 0 Å². The Kier molecular flexibility index (Phi) is 5.74. The average molecular weight is 352 g/mol. The molecule has 3 heterocycles. The fourth-order valence-corrected chi connectivity index (χ4v) is 3.84. The normalized spacial score (nSPS) is 18.0. The molecule has 2 aromatic heterocycles. The van der Waals surface area contributed by atoms with Crippen molar-refractivity contribution in [1.29, 1.82) is 0 Å². The van der Waals surface area contributed by atoms with Crippen LogP contribution in [0, 0.1) is 0 Å². The van der Waals surface area contributed by atoms with Gasteiger partial charge in [0.25, 0.3) is 0 Å². The summed E-state index contributed by atoms with van der Waals surface area (Å²) in [5.74, 6) is -0.0213. The molecule has 1 atom stereocenters. The number of rotatable bonds is 6. The predicted molar refractivity (Wildman–Crippen MR) is 92.9 cm³/mol. The SMILES string of the molecule is O=C(CN1CCN(C[C@H](O)c2cccs2)CC1)Nc1nccs1. The van der Waals surface area contributed by atoms with Crippen molar-refractivity contribution in [2.75, 3.05) is 44.6 Å². The van der Waals surface area contributed by atoms with Gasteiger partial charge in [-0.15, -0.1) is 22.7 Å². The molecule has 1 saturated heterocycles. The third kappa shape index (κ3) is 4.82. The van der Waals surface area contributed by atoms with E-state index in [-0.39, 0.29) is 5.91 Å². The first-order chi connectivity index (χ1) is 11.2. The molecule has 0 saturated carbocycles. The summed E-state index contributed by atoms with van der Waals surface area (Å²) in [5.41, 5.74) is 0. The van der Waals surface area contributed by atoms with Crippen LogP contribution in [0.5, 0.6) is 0 Å². The number of aromatic nitrogens is 1. The maximum absolute atomic E-state index is 12.0. The molecule has 23 heavy (non-hydrogen) atoms. The minimum Gasteiger partial charge on any atom is -0.386 e. The van der Waals surface area contributed by atoms with Gasteiger partial charge in [0.2, 0.25) is 5.91 Å². The van der Waals surface area contributed by atoms with Crippen LogP contribution in [0.4, 0.5) is 5.13 Å². The number of aliphatic hydroxyl groups is 1. The van der Waals surface area contributed by atoms with Crippen molar-refractivity contribution in [2.24, 2.45) is 0 Å². The minimum atomic E-state index is -0.422. The maximum atomic E-state index is 12.0. The van der Waals surface area contributed by atoms with Crippen LogP contribution in [0.2, 0.25) is 0 Å². The topological polar surface area (TPSA) is 68.7 Å². The van der Waals surface area contributed by atoms with E-state index in [1.165, 1.54) is 11.3 Å². The van der Waals surface area contributed by atoms with Gasteiger partial charge in [0.1, 0.15) is 6.10 Å². The summed E-state index contributed by atoms with van der Waals surface area (Å²) in [6, 6.07) is 3.93. The number of hydrogen-bond donors (Lipinski definition) is 2. The lowest BCUT2D eigenvalue weighted by molar-refractivity contribution is -0.117. The molecule has 6 nitrogen and oxygen atoms in total. The van der Waals surface area contributed by atoms with Gasteiger partial charge in [0.05, 0.1) is 6.54 Å². The van der Waals surface area contributed by atoms with Gasteiger partial charge < -0.3 is 10.4 Å². The molecule has 0 bridgehead atoms. The number of nitrogens with zero attached hydrogens (tertiary/aromatic N) is 3. The number of piperazine rings is 1. The molecule has 124 valence electrons. The van der Waals surface area contributed by atoms with Crippen LogP contribution in [0.1, 0.15) is 11.0 Å². The number of thiazole rings is 1. The van der Waals surface area contributed by atoms with E-state index >= 15 is 0 Å². The zero-order chi connectivity index (χ0) is 16.1. The summed E-state index contributed by atoms with van der Waals surface area (Å²) in [6.45, 7) is 4.45. The lowest BCUT2D eigenvalue weighted by Gasteiger charge is -2.35. The number of hydrogen-bond acceptors (Lipinski definition) is 7. The molecule has 2 N–H and O–H groups in total. The first kappa shape index (κ1) is 16.5. The standard InChI is InChI=1S/C15H20N4O2S2/c20-12(13-2-1-8-22-13)10-18-4-6-19(7-5-18)11-14(21)17-15-16-3-9-23-15/h1-3,8-9,12,20H,4-7,10-11H2,(H,16,17,21)/t12-/m0/s1. The van der Waals surface area contributed by atoms with Crippen molar-refractivity contribution in [3.63, 3.8) is 0 Å². The summed E-state index contributed by atoms with van der Waals surface area (Å²) < 4.78 is 0. The highest BCUT2D eigenvalue weighted by molar-refractivity contribution is 7.13. The van der Waals surface area contributed by atoms with Gasteiger partial charge in [-0.2, -0.15) is 0 Å². The van der Waals surface area contributed by atoms with Crippen LogP contribution in [0.25, 0.3) is 0 Å². The molecule has 1 aliphatic rings. The van der Waals surface area contributed by atoms with Gasteiger partial charge in [-0.1, -0.05) is 6.07 Å². The molecule has 0 radical (unpaired) electrons. The number of β-amino-alcohol motifs (C(OH)–C–C–N with tert-alkyl or cyclic N) is 1. The van der Waals surface area contributed by atoms with Gasteiger partial charge in [-0.3, -0.25) is 14.6 Å². The van der Waals surface area contributed by atoms with E-state index in [1.807, 2.05) is 22.9 Å². The first-order valence-electron chi connectivity index (χ1n) is 7.56. The Balaban J connectivity index is 1.39. The summed E-state index contributed by atoms with van der Waals surface area (Å²) in [5, 5.41) is 17.5. The highest BCUT2D eigenvalue weighted by Crippen LogP contribution is 2.20. The van der Waals surface area contributed by atoms with Gasteiger partial charge in [-0.25, -0.2) is 4.98 Å². The second-order valence-electron chi connectivity index (χ2n) is 5.49. The smallest absolute Gasteiger partial charge is 0.240 e. The van der Waals surface area contributed by atoms with Crippen LogP contribution < -0.4 is 5.32 Å². The Labute approximate surface area is 143 Å². The molecule has 0 unspecified atom stereocenters. The summed E-state index contributed by atoms with van der Waals surface area (Å²) in [7, 11) is 0. The molecule has 1 amide bonds. The predicted octanol–water partition coefficient (Wildman–Crippen LogP) is 1.49. The van der Waals surface area contributed by atoms with Crippen molar-refractivity contribution >= 4 is 33.7 Å². The molecule has 1 fully saturated rings. The van der Waals surface area contributed by atoms with E-state index in [0.29, 0.717) is 18.2 Å². The molecule has 8 heteroatoms. The van der Waals surface area contributed by atoms with Crippen LogP contribution in [0.15, 0.2) is 29.1 Å². The molecule has 3 rings (SSSR count). The molecule has 0 aromatic carbocycles. The monoisotopic (exact) mass is 352 g/mol. The van der Waals surface area contributed by atoms with Crippen LogP contribution >= 0.6 is 22.7 Å². The lowest BCUT2D eigenvalue weighted by atomic mass is 10.2. The first-order valence-corrected chi connectivity index (χ1v) is 9.32. The van der Waals surface area contributed by atoms with E-state index in [9.17, 15) is 9.90 Å². The molecular formula is C15H20N4O2S2. The average Bonchev–Trinajstić information content (AvgIpc) is 3.22. The highest BCUT2D eigenvalue weighted by atomic mass is 32.1. The van der Waals surface area contributed by atoms with E-state index in [1.54, 1.807) is 17.5 Å². The van der Waals surface area contributed by atoms with Crippen molar-refractivity contribution in [1.82, 2.24) is 14.8 Å². The summed E-state index contributed by atoms with van der Waals surface area (Å²) >= 11 is 3.01. The Hall–Kier alpha value is -1.32. The number of carbonyl (C=O) groups is 1. The van der Waals surface area contributed by atoms with Gasteiger partial charge in [-0.05, 0) is 11.4 Å². The highest BCUT2D eigenvalue weighted by Gasteiger charge is 2.21. The molecule has 1 aliphatic heterocycles. The molecule has 2 aromatic rings. The van der Waals surface area contributed by atoms with Crippen molar-refractivity contribution < 1.29 is 9.90 Å². The lowest BCUT2D eigenvalue weighted by Crippen LogP contribution is -2.49. The number of nitrogens with one attached hydrogen (secondary N) is 1. The quantitative estimate of drug-likeness (QED) is 0.824. The van der Waals surface area contributed by atoms with E-state index in [2.05, 4.69) is 20.1 Å². The van der Waals surface area contributed by atoms with Crippen molar-refractivity contribution in [2.45, 2.75) is 6.10 Å². The minimum absolute atomic E-state index is 0.0213. The largest absolute Gasteiger partial charge is 0.386 e. The third-order valence-corrected chi connectivity index (χ3v) is 5.48. The Morgan fingerprint density at radius 2 is 2.04 bits per heavy atom. The number of anilines is 1. The second-order valence-corrected chi connectivity index (χ2v) is 7.37. The van der Waals surface area contributed by atoms with Crippen LogP contribution in [0.3, 0.4) is 0 Å². The number of amides is 1. The van der Waals surface area contributed by atoms with Gasteiger partial charge in [0.15, 0.2) is 5.13 Å². The number of aliphatic hydroxyl groups excluding tert-OH is 1. The fourth-order valence-electron chi connectivity index (χ4n) is 2.59. The number of carbonyl (C=O) groups excluding carboxylic acids is 1. The summed E-state index contributed by atoms with van der Waals surface area (Å²) in [6.07, 6.45) is 1.26. The third-order valence-electron chi connectivity index (χ3n) is 3.81. The van der Waals surface area contributed by atoms with Crippen molar-refractivity contribution in [3.05, 3.63) is 34.0 Å². The van der Waals surface area contributed by atoms with Crippen LogP contribution in [-0.4, -0.2) is 65.1 Å². The molecular weight excluding hydrogens is 332 g/mol. The number of thiophene rings is 1. The van der Waals surface area contributed by atoms with E-state index in [0.717, 1.165) is 31.1 Å². The maximum Gasteiger partial charge on any atom is 0.240 e. The van der Waals surface area contributed by atoms with E-state index < -0.39 is 6.10 Å². The zero-order valence-corrected chi connectivity index (χ0v) is 14.4. The molecule has 0 aliphatic carbocycles. The Morgan fingerprint density at radius 3 is 2.70 bits per heavy atom. The van der Waals surface area contributed by atoms with Gasteiger partial charge >= 0.3 is 0 Å². The molecule has 0 spiro atoms. The van der Waals surface area contributed by atoms with Gasteiger partial charge in [0, 0.05) is 49.2 Å². The fraction of sp³-hybridized carbons (Fsp3) is 0.467. The zero-order valence-electron chi connectivity index (χ0n) is 12.7. The Bertz CT molecular complexity index is 595. The summed E-state index contributed by atoms with van der Waals surface area (Å²) in [4.78, 5) is 21.4. The van der Waals surface area contributed by atoms with Crippen LogP contribution in [-0.2, 0) is 4.79 Å². The Morgan fingerprint density at radius 1 is 1.26 bits per heavy atom. The van der Waals surface area contributed by atoms with E-state index in [4.69, 9.17) is 0 Å². The second kappa shape index (κ2) is 7.98.